The van der Waals surface area contributed by atoms with E-state index in [9.17, 15) is 0 Å². The molecule has 0 atom stereocenters. The van der Waals surface area contributed by atoms with Crippen molar-refractivity contribution in [1.29, 1.82) is 0 Å². The largest absolute Gasteiger partial charge is 0.311 e. The first kappa shape index (κ1) is 10.8. The van der Waals surface area contributed by atoms with Gasteiger partial charge in [0.1, 0.15) is 0 Å². The van der Waals surface area contributed by atoms with Crippen LogP contribution in [-0.2, 0) is 6.54 Å². The van der Waals surface area contributed by atoms with E-state index in [1.165, 1.54) is 22.7 Å². The maximum absolute atomic E-state index is 4.46. The molecule has 1 aromatic rings. The predicted molar refractivity (Wildman–Crippen MR) is 65.2 cm³/mol. The third-order valence-electron chi connectivity index (χ3n) is 2.52. The van der Waals surface area contributed by atoms with E-state index >= 15 is 0 Å². The van der Waals surface area contributed by atoms with Crippen LogP contribution in [-0.4, -0.2) is 11.5 Å². The van der Waals surface area contributed by atoms with Crippen molar-refractivity contribution in [3.8, 4) is 0 Å². The van der Waals surface area contributed by atoms with Gasteiger partial charge in [0.25, 0.3) is 0 Å². The van der Waals surface area contributed by atoms with Crippen LogP contribution in [0.25, 0.3) is 0 Å². The van der Waals surface area contributed by atoms with Crippen molar-refractivity contribution < 1.29 is 0 Å². The lowest BCUT2D eigenvalue weighted by Gasteiger charge is -1.98. The van der Waals surface area contributed by atoms with E-state index in [4.69, 9.17) is 0 Å². The molecule has 1 N–H and O–H groups in total. The van der Waals surface area contributed by atoms with Crippen LogP contribution in [0.2, 0.25) is 0 Å². The van der Waals surface area contributed by atoms with Crippen LogP contribution in [0.15, 0.2) is 18.3 Å². The fourth-order valence-corrected chi connectivity index (χ4v) is 2.54. The molecule has 15 heavy (non-hydrogen) atoms. The molecule has 1 saturated carbocycles. The van der Waals surface area contributed by atoms with Gasteiger partial charge in [0.2, 0.25) is 0 Å². The molecule has 0 aromatic carbocycles. The molecule has 3 heteroatoms. The monoisotopic (exact) mass is 222 g/mol. The van der Waals surface area contributed by atoms with Gasteiger partial charge in [-0.05, 0) is 32.7 Å². The molecule has 0 spiro atoms. The van der Waals surface area contributed by atoms with Gasteiger partial charge < -0.3 is 5.32 Å². The third kappa shape index (κ3) is 3.43. The summed E-state index contributed by atoms with van der Waals surface area (Å²) < 4.78 is 0. The van der Waals surface area contributed by atoms with Crippen molar-refractivity contribution in [2.45, 2.75) is 38.6 Å². The second-order valence-corrected chi connectivity index (χ2v) is 5.12. The van der Waals surface area contributed by atoms with Gasteiger partial charge >= 0.3 is 0 Å². The average Bonchev–Trinajstić information content (AvgIpc) is 2.99. The van der Waals surface area contributed by atoms with Crippen LogP contribution in [0, 0.1) is 0 Å². The van der Waals surface area contributed by atoms with Crippen molar-refractivity contribution in [1.82, 2.24) is 10.3 Å². The Morgan fingerprint density at radius 3 is 3.20 bits per heavy atom. The highest BCUT2D eigenvalue weighted by Gasteiger charge is 2.26. The molecular weight excluding hydrogens is 204 g/mol. The van der Waals surface area contributed by atoms with E-state index < -0.39 is 0 Å². The SMILES string of the molecule is C/C=C/CCNCc1cnc(C2CC2)s1. The second-order valence-electron chi connectivity index (χ2n) is 3.97. The van der Waals surface area contributed by atoms with Crippen LogP contribution in [0.4, 0.5) is 0 Å². The van der Waals surface area contributed by atoms with E-state index in [0.717, 1.165) is 25.4 Å². The molecule has 1 aliphatic rings. The quantitative estimate of drug-likeness (QED) is 0.591. The molecule has 1 aliphatic carbocycles. The highest BCUT2D eigenvalue weighted by molar-refractivity contribution is 7.11. The molecule has 0 amide bonds. The van der Waals surface area contributed by atoms with E-state index in [2.05, 4.69) is 29.4 Å². The van der Waals surface area contributed by atoms with Gasteiger partial charge in [-0.25, -0.2) is 4.98 Å². The van der Waals surface area contributed by atoms with E-state index in [-0.39, 0.29) is 0 Å². The minimum atomic E-state index is 0.798. The smallest absolute Gasteiger partial charge is 0.0959 e. The lowest BCUT2D eigenvalue weighted by molar-refractivity contribution is 0.701. The van der Waals surface area contributed by atoms with Gasteiger partial charge in [0.05, 0.1) is 5.01 Å². The lowest BCUT2D eigenvalue weighted by atomic mass is 10.4. The first-order valence-corrected chi connectivity index (χ1v) is 6.48. The lowest BCUT2D eigenvalue weighted by Crippen LogP contribution is -2.12. The summed E-state index contributed by atoms with van der Waals surface area (Å²) in [6, 6.07) is 0. The Hall–Kier alpha value is -0.670. The van der Waals surface area contributed by atoms with Gasteiger partial charge in [-0.3, -0.25) is 0 Å². The van der Waals surface area contributed by atoms with Crippen molar-refractivity contribution in [2.75, 3.05) is 6.54 Å². The number of rotatable bonds is 6. The molecule has 0 saturated heterocycles. The zero-order chi connectivity index (χ0) is 10.5. The molecule has 2 rings (SSSR count). The fraction of sp³-hybridized carbons (Fsp3) is 0.583. The zero-order valence-electron chi connectivity index (χ0n) is 9.20. The summed E-state index contributed by atoms with van der Waals surface area (Å²) in [5.41, 5.74) is 0. The highest BCUT2D eigenvalue weighted by atomic mass is 32.1. The van der Waals surface area contributed by atoms with Gasteiger partial charge in [0.15, 0.2) is 0 Å². The van der Waals surface area contributed by atoms with E-state index in [1.807, 2.05) is 17.5 Å². The summed E-state index contributed by atoms with van der Waals surface area (Å²) in [4.78, 5) is 5.83. The first-order valence-electron chi connectivity index (χ1n) is 5.66. The Balaban J connectivity index is 1.68. The summed E-state index contributed by atoms with van der Waals surface area (Å²) in [5.74, 6) is 0.798. The van der Waals surface area contributed by atoms with Crippen LogP contribution in [0.5, 0.6) is 0 Å². The number of aromatic nitrogens is 1. The first-order chi connectivity index (χ1) is 7.40. The third-order valence-corrected chi connectivity index (χ3v) is 3.68. The van der Waals surface area contributed by atoms with E-state index in [1.54, 1.807) is 0 Å². The van der Waals surface area contributed by atoms with Gasteiger partial charge in [-0.1, -0.05) is 12.2 Å². The fourth-order valence-electron chi connectivity index (χ4n) is 1.49. The van der Waals surface area contributed by atoms with Crippen molar-refractivity contribution in [3.05, 3.63) is 28.2 Å². The molecule has 2 nitrogen and oxygen atoms in total. The van der Waals surface area contributed by atoms with Gasteiger partial charge in [-0.2, -0.15) is 0 Å². The Morgan fingerprint density at radius 2 is 2.47 bits per heavy atom. The number of nitrogens with zero attached hydrogens (tertiary/aromatic N) is 1. The molecule has 1 heterocycles. The minimum Gasteiger partial charge on any atom is -0.311 e. The van der Waals surface area contributed by atoms with Gasteiger partial charge in [-0.15, -0.1) is 11.3 Å². The van der Waals surface area contributed by atoms with Gasteiger partial charge in [0, 0.05) is 23.5 Å². The Labute approximate surface area is 95.4 Å². The molecular formula is C12H18N2S. The van der Waals surface area contributed by atoms with E-state index in [0.29, 0.717) is 0 Å². The number of allylic oxidation sites excluding steroid dienone is 1. The minimum absolute atomic E-state index is 0.798. The normalized spacial score (nSPS) is 16.3. The Bertz CT molecular complexity index is 326. The predicted octanol–water partition coefficient (Wildman–Crippen LogP) is 3.08. The standard InChI is InChI=1S/C12H18N2S/c1-2-3-4-7-13-8-11-9-14-12(15-11)10-5-6-10/h2-3,9-10,13H,4-8H2,1H3/b3-2+. The van der Waals surface area contributed by atoms with Crippen LogP contribution < -0.4 is 5.32 Å². The number of nitrogens with one attached hydrogen (secondary N) is 1. The molecule has 1 fully saturated rings. The number of hydrogen-bond donors (Lipinski definition) is 1. The maximum atomic E-state index is 4.46. The summed E-state index contributed by atoms with van der Waals surface area (Å²) in [6.45, 7) is 4.09. The average molecular weight is 222 g/mol. The second kappa shape index (κ2) is 5.42. The summed E-state index contributed by atoms with van der Waals surface area (Å²) >= 11 is 1.88. The van der Waals surface area contributed by atoms with Crippen LogP contribution in [0.3, 0.4) is 0 Å². The number of thiazole rings is 1. The van der Waals surface area contributed by atoms with Crippen LogP contribution in [0.1, 0.15) is 42.0 Å². The van der Waals surface area contributed by atoms with Crippen molar-refractivity contribution in [3.63, 3.8) is 0 Å². The topological polar surface area (TPSA) is 24.9 Å². The zero-order valence-corrected chi connectivity index (χ0v) is 10.0. The Kier molecular flexibility index (Phi) is 3.92. The molecule has 0 unspecified atom stereocenters. The maximum Gasteiger partial charge on any atom is 0.0959 e. The summed E-state index contributed by atoms with van der Waals surface area (Å²) in [7, 11) is 0. The molecule has 0 aliphatic heterocycles. The molecule has 0 radical (unpaired) electrons. The molecule has 1 aromatic heterocycles. The number of hydrogen-bond acceptors (Lipinski definition) is 3. The molecule has 0 bridgehead atoms. The Morgan fingerprint density at radius 1 is 1.60 bits per heavy atom. The van der Waals surface area contributed by atoms with Crippen LogP contribution >= 0.6 is 11.3 Å². The van der Waals surface area contributed by atoms with Crippen molar-refractivity contribution >= 4 is 11.3 Å². The summed E-state index contributed by atoms with van der Waals surface area (Å²) in [6.07, 6.45) is 10.1. The summed E-state index contributed by atoms with van der Waals surface area (Å²) in [5, 5.41) is 4.78. The molecule has 82 valence electrons. The highest BCUT2D eigenvalue weighted by Crippen LogP contribution is 2.41. The van der Waals surface area contributed by atoms with Crippen molar-refractivity contribution in [2.24, 2.45) is 0 Å².